The van der Waals surface area contributed by atoms with Crippen LogP contribution in [0.15, 0.2) is 17.3 Å². The summed E-state index contributed by atoms with van der Waals surface area (Å²) in [4.78, 5) is 19.6. The number of methoxy groups -OCH3 is 1. The van der Waals surface area contributed by atoms with Crippen LogP contribution in [0.5, 0.6) is 5.88 Å². The van der Waals surface area contributed by atoms with Crippen LogP contribution in [0.3, 0.4) is 0 Å². The van der Waals surface area contributed by atoms with Gasteiger partial charge in [0.1, 0.15) is 5.52 Å². The Morgan fingerprint density at radius 1 is 1.43 bits per heavy atom. The number of carboxylic acids is 1. The van der Waals surface area contributed by atoms with Gasteiger partial charge >= 0.3 is 5.97 Å². The number of nitrogens with zero attached hydrogens (tertiary/aromatic N) is 3. The summed E-state index contributed by atoms with van der Waals surface area (Å²) in [7, 11) is 1.55. The molecule has 0 saturated carbocycles. The molecule has 2 heterocycles. The Hall–Kier alpha value is -1.80. The van der Waals surface area contributed by atoms with E-state index in [0.717, 1.165) is 0 Å². The van der Waals surface area contributed by atoms with Gasteiger partial charge in [-0.25, -0.2) is 4.98 Å². The molecule has 2 aromatic heterocycles. The average molecular weight is 311 g/mol. The van der Waals surface area contributed by atoms with E-state index >= 15 is 0 Å². The molecule has 0 aromatic carbocycles. The Bertz CT molecular complexity index is 629. The summed E-state index contributed by atoms with van der Waals surface area (Å²) in [5.74, 6) is -0.432. The van der Waals surface area contributed by atoms with Crippen molar-refractivity contribution in [1.82, 2.24) is 14.5 Å². The molecular weight excluding hydrogens is 294 g/mol. The molecule has 0 spiro atoms. The van der Waals surface area contributed by atoms with E-state index in [4.69, 9.17) is 14.6 Å². The van der Waals surface area contributed by atoms with Gasteiger partial charge in [-0.3, -0.25) is 4.79 Å². The number of pyridine rings is 1. The number of hydrogen-bond acceptors (Lipinski definition) is 6. The van der Waals surface area contributed by atoms with Gasteiger partial charge in [-0.1, -0.05) is 11.8 Å². The zero-order valence-electron chi connectivity index (χ0n) is 11.9. The van der Waals surface area contributed by atoms with Crippen molar-refractivity contribution in [2.24, 2.45) is 0 Å². The third kappa shape index (κ3) is 3.85. The fraction of sp³-hybridized carbons (Fsp3) is 0.462. The van der Waals surface area contributed by atoms with E-state index < -0.39 is 5.97 Å². The second-order valence-electron chi connectivity index (χ2n) is 4.12. The summed E-state index contributed by atoms with van der Waals surface area (Å²) < 4.78 is 12.3. The van der Waals surface area contributed by atoms with Crippen LogP contribution in [0.4, 0.5) is 0 Å². The number of ether oxygens (including phenoxy) is 2. The number of fused-ring (bicyclic) bond motifs is 1. The van der Waals surface area contributed by atoms with Crippen molar-refractivity contribution < 1.29 is 19.4 Å². The molecule has 21 heavy (non-hydrogen) atoms. The van der Waals surface area contributed by atoms with E-state index in [9.17, 15) is 4.79 Å². The minimum atomic E-state index is -0.881. The molecule has 114 valence electrons. The Morgan fingerprint density at radius 2 is 2.24 bits per heavy atom. The van der Waals surface area contributed by atoms with Gasteiger partial charge in [0.25, 0.3) is 0 Å². The summed E-state index contributed by atoms with van der Waals surface area (Å²) in [5.41, 5.74) is 1.38. The van der Waals surface area contributed by atoms with Gasteiger partial charge in [0, 0.05) is 12.7 Å². The van der Waals surface area contributed by atoms with Crippen LogP contribution in [0.1, 0.15) is 6.92 Å². The number of rotatable bonds is 8. The minimum absolute atomic E-state index is 0.0465. The van der Waals surface area contributed by atoms with E-state index in [1.54, 1.807) is 13.2 Å². The van der Waals surface area contributed by atoms with E-state index in [-0.39, 0.29) is 5.75 Å². The molecule has 0 bridgehead atoms. The molecule has 0 saturated heterocycles. The topological polar surface area (TPSA) is 86.5 Å². The summed E-state index contributed by atoms with van der Waals surface area (Å²) in [6, 6.07) is 3.54. The van der Waals surface area contributed by atoms with Crippen LogP contribution < -0.4 is 4.74 Å². The summed E-state index contributed by atoms with van der Waals surface area (Å²) >= 11 is 1.17. The second-order valence-corrected chi connectivity index (χ2v) is 5.06. The maximum atomic E-state index is 10.7. The quantitative estimate of drug-likeness (QED) is 0.586. The van der Waals surface area contributed by atoms with Crippen molar-refractivity contribution in [2.75, 3.05) is 26.1 Å². The molecule has 0 aliphatic carbocycles. The smallest absolute Gasteiger partial charge is 0.313 e. The van der Waals surface area contributed by atoms with E-state index in [1.165, 1.54) is 11.8 Å². The lowest BCUT2D eigenvalue weighted by Gasteiger charge is -2.08. The molecule has 0 atom stereocenters. The van der Waals surface area contributed by atoms with Crippen LogP contribution in [0.2, 0.25) is 0 Å². The molecule has 8 heteroatoms. The first-order valence-corrected chi connectivity index (χ1v) is 7.48. The second kappa shape index (κ2) is 7.28. The molecule has 0 fully saturated rings. The molecule has 1 N–H and O–H groups in total. The fourth-order valence-electron chi connectivity index (χ4n) is 1.82. The predicted octanol–water partition coefficient (Wildman–Crippen LogP) is 1.65. The Kier molecular flexibility index (Phi) is 5.40. The van der Waals surface area contributed by atoms with E-state index in [1.807, 2.05) is 17.6 Å². The maximum absolute atomic E-state index is 10.7. The highest BCUT2D eigenvalue weighted by Gasteiger charge is 2.14. The molecule has 2 rings (SSSR count). The lowest BCUT2D eigenvalue weighted by atomic mass is 10.4. The first-order valence-electron chi connectivity index (χ1n) is 6.49. The molecule has 0 aliphatic heterocycles. The Balaban J connectivity index is 2.34. The van der Waals surface area contributed by atoms with Crippen molar-refractivity contribution >= 4 is 28.9 Å². The van der Waals surface area contributed by atoms with Crippen molar-refractivity contribution in [3.63, 3.8) is 0 Å². The van der Waals surface area contributed by atoms with E-state index in [0.29, 0.717) is 42.0 Å². The van der Waals surface area contributed by atoms with Crippen molar-refractivity contribution in [3.8, 4) is 5.88 Å². The number of imidazole rings is 1. The monoisotopic (exact) mass is 311 g/mol. The highest BCUT2D eigenvalue weighted by molar-refractivity contribution is 7.99. The molecule has 7 nitrogen and oxygen atoms in total. The van der Waals surface area contributed by atoms with Gasteiger partial charge in [0.2, 0.25) is 5.88 Å². The molecule has 0 radical (unpaired) electrons. The summed E-state index contributed by atoms with van der Waals surface area (Å²) in [5, 5.41) is 9.44. The third-order valence-electron chi connectivity index (χ3n) is 2.73. The number of carboxylic acid groups (broad SMARTS) is 1. The van der Waals surface area contributed by atoms with Gasteiger partial charge in [0.15, 0.2) is 10.8 Å². The lowest BCUT2D eigenvalue weighted by Crippen LogP contribution is -2.09. The number of hydrogen-bond donors (Lipinski definition) is 1. The predicted molar refractivity (Wildman–Crippen MR) is 78.9 cm³/mol. The number of aliphatic carboxylic acids is 1. The zero-order valence-corrected chi connectivity index (χ0v) is 12.7. The number of aromatic nitrogens is 3. The van der Waals surface area contributed by atoms with E-state index in [2.05, 4.69) is 9.97 Å². The third-order valence-corrected chi connectivity index (χ3v) is 3.69. The average Bonchev–Trinajstić information content (AvgIpc) is 2.82. The largest absolute Gasteiger partial charge is 0.481 e. The summed E-state index contributed by atoms with van der Waals surface area (Å²) in [6.45, 7) is 3.63. The van der Waals surface area contributed by atoms with Crippen molar-refractivity contribution in [2.45, 2.75) is 18.6 Å². The van der Waals surface area contributed by atoms with Gasteiger partial charge < -0.3 is 19.1 Å². The molecule has 0 amide bonds. The van der Waals surface area contributed by atoms with Crippen LogP contribution >= 0.6 is 11.8 Å². The normalized spacial score (nSPS) is 11.0. The van der Waals surface area contributed by atoms with Crippen molar-refractivity contribution in [1.29, 1.82) is 0 Å². The number of thioether (sulfide) groups is 1. The highest BCUT2D eigenvalue weighted by atomic mass is 32.2. The Morgan fingerprint density at radius 3 is 2.90 bits per heavy atom. The molecular formula is C13H17N3O4S. The zero-order chi connectivity index (χ0) is 15.2. The van der Waals surface area contributed by atoms with Crippen LogP contribution in [-0.2, 0) is 16.1 Å². The van der Waals surface area contributed by atoms with Gasteiger partial charge in [-0.05, 0) is 13.0 Å². The maximum Gasteiger partial charge on any atom is 0.313 e. The molecule has 0 unspecified atom stereocenters. The number of carbonyl (C=O) groups is 1. The lowest BCUT2D eigenvalue weighted by molar-refractivity contribution is -0.133. The SMILES string of the molecule is CCOCCn1c(SCC(=O)O)nc2ccc(OC)nc21. The first-order chi connectivity index (χ1) is 10.2. The standard InChI is InChI=1S/C13H17N3O4S/c1-3-20-7-6-16-12-9(4-5-10(15-12)19-2)14-13(16)21-8-11(17)18/h4-5H,3,6-8H2,1-2H3,(H,17,18). The molecule has 2 aromatic rings. The van der Waals surface area contributed by atoms with Crippen LogP contribution in [-0.4, -0.2) is 51.7 Å². The minimum Gasteiger partial charge on any atom is -0.481 e. The van der Waals surface area contributed by atoms with Crippen LogP contribution in [0, 0.1) is 0 Å². The Labute approximate surface area is 126 Å². The fourth-order valence-corrected chi connectivity index (χ4v) is 2.56. The first kappa shape index (κ1) is 15.6. The van der Waals surface area contributed by atoms with Gasteiger partial charge in [-0.2, -0.15) is 4.98 Å². The van der Waals surface area contributed by atoms with Gasteiger partial charge in [-0.15, -0.1) is 0 Å². The van der Waals surface area contributed by atoms with Crippen molar-refractivity contribution in [3.05, 3.63) is 12.1 Å². The van der Waals surface area contributed by atoms with Gasteiger partial charge in [0.05, 0.1) is 26.0 Å². The summed E-state index contributed by atoms with van der Waals surface area (Å²) in [6.07, 6.45) is 0. The van der Waals surface area contributed by atoms with Crippen LogP contribution in [0.25, 0.3) is 11.2 Å². The molecule has 0 aliphatic rings. The highest BCUT2D eigenvalue weighted by Crippen LogP contribution is 2.24.